The predicted octanol–water partition coefficient (Wildman–Crippen LogP) is 4.13. The van der Waals surface area contributed by atoms with Crippen molar-refractivity contribution in [1.82, 2.24) is 9.78 Å². The Morgan fingerprint density at radius 2 is 2.15 bits per heavy atom. The van der Waals surface area contributed by atoms with Gasteiger partial charge in [-0.05, 0) is 29.8 Å². The van der Waals surface area contributed by atoms with Crippen LogP contribution in [0.4, 0.5) is 10.5 Å². The molecule has 0 saturated heterocycles. The second kappa shape index (κ2) is 7.88. The van der Waals surface area contributed by atoms with Gasteiger partial charge in [0.1, 0.15) is 12.4 Å². The number of benzene rings is 1. The number of carbonyl (C=O) groups excluding carboxylic acids is 2. The number of amides is 1. The lowest BCUT2D eigenvalue weighted by atomic mass is 10.2. The molecule has 0 aliphatic heterocycles. The molecule has 134 valence electrons. The first kappa shape index (κ1) is 17.8. The van der Waals surface area contributed by atoms with Crippen molar-refractivity contribution in [2.75, 3.05) is 5.32 Å². The van der Waals surface area contributed by atoms with Crippen LogP contribution in [-0.4, -0.2) is 21.7 Å². The van der Waals surface area contributed by atoms with Crippen molar-refractivity contribution in [2.45, 2.75) is 20.1 Å². The number of halogens is 1. The molecule has 1 N–H and O–H groups in total. The summed E-state index contributed by atoms with van der Waals surface area (Å²) in [5.41, 5.74) is 1.28. The summed E-state index contributed by atoms with van der Waals surface area (Å²) in [6, 6.07) is 10.4. The van der Waals surface area contributed by atoms with Crippen molar-refractivity contribution >= 4 is 29.2 Å². The molecule has 0 bridgehead atoms. The van der Waals surface area contributed by atoms with Crippen LogP contribution in [0, 0.1) is 0 Å². The molecular formula is C18H16ClN3O4. The maximum absolute atomic E-state index is 11.9. The molecule has 26 heavy (non-hydrogen) atoms. The highest BCUT2D eigenvalue weighted by molar-refractivity contribution is 6.30. The Bertz CT molecular complexity index is 932. The van der Waals surface area contributed by atoms with Gasteiger partial charge in [0, 0.05) is 18.1 Å². The van der Waals surface area contributed by atoms with Gasteiger partial charge in [0.15, 0.2) is 11.5 Å². The third-order valence-corrected chi connectivity index (χ3v) is 3.70. The fraction of sp³-hybridized carbons (Fsp3) is 0.167. The normalized spacial score (nSPS) is 10.5. The summed E-state index contributed by atoms with van der Waals surface area (Å²) >= 11 is 5.88. The number of furan rings is 1. The summed E-state index contributed by atoms with van der Waals surface area (Å²) in [7, 11) is 0. The van der Waals surface area contributed by atoms with Gasteiger partial charge < -0.3 is 9.15 Å². The lowest BCUT2D eigenvalue weighted by Gasteiger charge is -2.05. The van der Waals surface area contributed by atoms with Crippen molar-refractivity contribution in [3.63, 3.8) is 0 Å². The minimum atomic E-state index is -0.596. The van der Waals surface area contributed by atoms with Crippen LogP contribution in [0.2, 0.25) is 5.02 Å². The molecule has 0 spiro atoms. The van der Waals surface area contributed by atoms with E-state index >= 15 is 0 Å². The number of aromatic nitrogens is 2. The number of nitrogens with one attached hydrogen (secondary N) is 1. The molecule has 2 aromatic heterocycles. The Balaban J connectivity index is 1.52. The monoisotopic (exact) mass is 373 g/mol. The second-order valence-electron chi connectivity index (χ2n) is 5.58. The highest BCUT2D eigenvalue weighted by Crippen LogP contribution is 2.14. The molecule has 2 heterocycles. The van der Waals surface area contributed by atoms with Crippen LogP contribution in [0.5, 0.6) is 0 Å². The number of carbonyl (C=O) groups is 2. The van der Waals surface area contributed by atoms with Crippen LogP contribution >= 0.6 is 11.6 Å². The van der Waals surface area contributed by atoms with E-state index in [0.29, 0.717) is 28.8 Å². The number of ether oxygens (including phenoxy) is 1. The van der Waals surface area contributed by atoms with Crippen LogP contribution < -0.4 is 5.32 Å². The molecule has 0 saturated carbocycles. The van der Waals surface area contributed by atoms with Crippen LogP contribution in [0.1, 0.15) is 28.8 Å². The first-order valence-electron chi connectivity index (χ1n) is 7.80. The van der Waals surface area contributed by atoms with Gasteiger partial charge in [-0.2, -0.15) is 5.10 Å². The first-order chi connectivity index (χ1) is 12.5. The van der Waals surface area contributed by atoms with E-state index in [1.54, 1.807) is 41.2 Å². The van der Waals surface area contributed by atoms with Gasteiger partial charge in [0.05, 0.1) is 18.4 Å². The Labute approximate surface area is 154 Å². The Kier molecular flexibility index (Phi) is 5.38. The summed E-state index contributed by atoms with van der Waals surface area (Å²) in [5, 5.41) is 7.31. The van der Waals surface area contributed by atoms with Gasteiger partial charge in [-0.25, -0.2) is 4.79 Å². The number of nitrogens with zero attached hydrogens (tertiary/aromatic N) is 2. The summed E-state index contributed by atoms with van der Waals surface area (Å²) in [5.74, 6) is 0.755. The quantitative estimate of drug-likeness (QED) is 0.656. The maximum atomic E-state index is 11.9. The predicted molar refractivity (Wildman–Crippen MR) is 95.3 cm³/mol. The topological polar surface area (TPSA) is 86.4 Å². The van der Waals surface area contributed by atoms with E-state index in [9.17, 15) is 9.59 Å². The molecule has 1 amide bonds. The fourth-order valence-corrected chi connectivity index (χ4v) is 2.47. The van der Waals surface area contributed by atoms with Gasteiger partial charge in [-0.3, -0.25) is 14.8 Å². The van der Waals surface area contributed by atoms with Crippen LogP contribution in [0.25, 0.3) is 0 Å². The molecule has 0 aliphatic carbocycles. The van der Waals surface area contributed by atoms with Crippen molar-refractivity contribution in [1.29, 1.82) is 0 Å². The highest BCUT2D eigenvalue weighted by Gasteiger charge is 2.09. The van der Waals surface area contributed by atoms with Crippen molar-refractivity contribution in [3.05, 3.63) is 70.9 Å². The van der Waals surface area contributed by atoms with Crippen molar-refractivity contribution in [2.24, 2.45) is 0 Å². The third-order valence-electron chi connectivity index (χ3n) is 3.47. The van der Waals surface area contributed by atoms with E-state index in [1.165, 1.54) is 13.1 Å². The van der Waals surface area contributed by atoms with E-state index in [0.717, 1.165) is 5.56 Å². The number of Topliss-reactive ketones (excluding diaryl/α,β-unsaturated/α-hetero) is 1. The van der Waals surface area contributed by atoms with E-state index < -0.39 is 6.09 Å². The largest absolute Gasteiger partial charge is 0.456 e. The Morgan fingerprint density at radius 1 is 1.31 bits per heavy atom. The van der Waals surface area contributed by atoms with Crippen LogP contribution in [0.3, 0.4) is 0 Å². The zero-order chi connectivity index (χ0) is 18.5. The molecule has 0 unspecified atom stereocenters. The average molecular weight is 374 g/mol. The third kappa shape index (κ3) is 4.73. The standard InChI is InChI=1S/C18H16ClN3O4/c1-12(23)17-6-5-16(26-17)10-22-9-15(8-20-22)21-18(24)25-11-13-3-2-4-14(19)7-13/h2-9H,10-11H2,1H3,(H,21,24). The van der Waals surface area contributed by atoms with Crippen LogP contribution in [-0.2, 0) is 17.9 Å². The van der Waals surface area contributed by atoms with E-state index in [4.69, 9.17) is 20.8 Å². The smallest absolute Gasteiger partial charge is 0.412 e. The zero-order valence-corrected chi connectivity index (χ0v) is 14.7. The summed E-state index contributed by atoms with van der Waals surface area (Å²) in [6.07, 6.45) is 2.54. The van der Waals surface area contributed by atoms with Gasteiger partial charge in [0.25, 0.3) is 0 Å². The molecule has 7 nitrogen and oxygen atoms in total. The van der Waals surface area contributed by atoms with E-state index in [-0.39, 0.29) is 12.4 Å². The van der Waals surface area contributed by atoms with Crippen LogP contribution in [0.15, 0.2) is 53.2 Å². The Morgan fingerprint density at radius 3 is 2.88 bits per heavy atom. The number of anilines is 1. The number of hydrogen-bond acceptors (Lipinski definition) is 5. The molecule has 0 aliphatic rings. The number of rotatable bonds is 6. The van der Waals surface area contributed by atoms with E-state index in [1.807, 2.05) is 6.07 Å². The maximum Gasteiger partial charge on any atom is 0.412 e. The SMILES string of the molecule is CC(=O)c1ccc(Cn2cc(NC(=O)OCc3cccc(Cl)c3)cn2)o1. The lowest BCUT2D eigenvalue weighted by Crippen LogP contribution is -2.13. The number of hydrogen-bond donors (Lipinski definition) is 1. The van der Waals surface area contributed by atoms with Gasteiger partial charge >= 0.3 is 6.09 Å². The molecule has 0 atom stereocenters. The van der Waals surface area contributed by atoms with Gasteiger partial charge in [-0.1, -0.05) is 23.7 Å². The van der Waals surface area contributed by atoms with Gasteiger partial charge in [0.2, 0.25) is 0 Å². The number of ketones is 1. The minimum Gasteiger partial charge on any atom is -0.456 e. The highest BCUT2D eigenvalue weighted by atomic mass is 35.5. The molecular weight excluding hydrogens is 358 g/mol. The van der Waals surface area contributed by atoms with E-state index in [2.05, 4.69) is 10.4 Å². The fourth-order valence-electron chi connectivity index (χ4n) is 2.26. The molecule has 3 aromatic rings. The van der Waals surface area contributed by atoms with Crippen molar-refractivity contribution in [3.8, 4) is 0 Å². The summed E-state index contributed by atoms with van der Waals surface area (Å²) in [6.45, 7) is 1.89. The molecule has 0 radical (unpaired) electrons. The molecule has 3 rings (SSSR count). The van der Waals surface area contributed by atoms with Crippen molar-refractivity contribution < 1.29 is 18.7 Å². The zero-order valence-electron chi connectivity index (χ0n) is 13.9. The minimum absolute atomic E-state index is 0.112. The average Bonchev–Trinajstić information content (AvgIpc) is 3.23. The Hall–Kier alpha value is -3.06. The molecule has 8 heteroatoms. The second-order valence-corrected chi connectivity index (χ2v) is 6.02. The van der Waals surface area contributed by atoms with Gasteiger partial charge in [-0.15, -0.1) is 0 Å². The summed E-state index contributed by atoms with van der Waals surface area (Å²) in [4.78, 5) is 23.1. The lowest BCUT2D eigenvalue weighted by molar-refractivity contribution is 0.0985. The first-order valence-corrected chi connectivity index (χ1v) is 8.18. The molecule has 0 fully saturated rings. The molecule has 1 aromatic carbocycles. The summed E-state index contributed by atoms with van der Waals surface area (Å²) < 4.78 is 12.1.